The van der Waals surface area contributed by atoms with E-state index in [1.807, 2.05) is 0 Å². The molecule has 0 amide bonds. The lowest BCUT2D eigenvalue weighted by Gasteiger charge is -2.18. The molecule has 0 aromatic carbocycles. The van der Waals surface area contributed by atoms with Gasteiger partial charge in [-0.15, -0.1) is 0 Å². The molecule has 0 heterocycles. The maximum atomic E-state index is 12.9. The molecule has 0 aliphatic carbocycles. The largest absolute Gasteiger partial charge is 0.462 e. The lowest BCUT2D eigenvalue weighted by atomic mass is 10.0. The highest BCUT2D eigenvalue weighted by molar-refractivity contribution is 5.71. The topological polar surface area (TPSA) is 78.9 Å². The van der Waals surface area contributed by atoms with Gasteiger partial charge in [0.05, 0.1) is 0 Å². The number of allylic oxidation sites excluding steroid dienone is 12. The first-order valence-electron chi connectivity index (χ1n) is 36.4. The molecule has 0 radical (unpaired) electrons. The molecule has 0 aromatic rings. The van der Waals surface area contributed by atoms with Crippen LogP contribution < -0.4 is 0 Å². The van der Waals surface area contributed by atoms with Crippen molar-refractivity contribution in [2.24, 2.45) is 0 Å². The molecular weight excluding hydrogens is 1020 g/mol. The van der Waals surface area contributed by atoms with E-state index in [1.54, 1.807) is 0 Å². The number of hydrogen-bond acceptors (Lipinski definition) is 6. The van der Waals surface area contributed by atoms with Crippen LogP contribution in [0, 0.1) is 0 Å². The van der Waals surface area contributed by atoms with Crippen LogP contribution in [-0.4, -0.2) is 37.2 Å². The molecule has 6 heteroatoms. The summed E-state index contributed by atoms with van der Waals surface area (Å²) in [6.07, 6.45) is 93.8. The predicted molar refractivity (Wildman–Crippen MR) is 362 cm³/mol. The van der Waals surface area contributed by atoms with Crippen molar-refractivity contribution in [3.05, 3.63) is 72.9 Å². The average molecular weight is 1160 g/mol. The molecule has 0 bridgehead atoms. The highest BCUT2D eigenvalue weighted by atomic mass is 16.6. The fraction of sp³-hybridized carbons (Fsp3) is 0.805. The minimum Gasteiger partial charge on any atom is -0.462 e. The summed E-state index contributed by atoms with van der Waals surface area (Å²) in [5, 5.41) is 0. The summed E-state index contributed by atoms with van der Waals surface area (Å²) in [6.45, 7) is 6.55. The first-order valence-corrected chi connectivity index (χ1v) is 36.4. The summed E-state index contributed by atoms with van der Waals surface area (Å²) < 4.78 is 17.0. The predicted octanol–water partition coefficient (Wildman–Crippen LogP) is 25.2. The van der Waals surface area contributed by atoms with E-state index in [0.29, 0.717) is 19.3 Å². The number of unbranched alkanes of at least 4 members (excludes halogenated alkanes) is 44. The van der Waals surface area contributed by atoms with Crippen molar-refractivity contribution in [1.29, 1.82) is 0 Å². The second-order valence-electron chi connectivity index (χ2n) is 24.5. The van der Waals surface area contributed by atoms with Crippen LogP contribution in [0.4, 0.5) is 0 Å². The van der Waals surface area contributed by atoms with E-state index in [4.69, 9.17) is 14.2 Å². The van der Waals surface area contributed by atoms with Crippen LogP contribution >= 0.6 is 0 Å². The molecular formula is C77H138O6. The summed E-state index contributed by atoms with van der Waals surface area (Å²) in [5.41, 5.74) is 0. The lowest BCUT2D eigenvalue weighted by Crippen LogP contribution is -2.30. The monoisotopic (exact) mass is 1160 g/mol. The molecule has 0 saturated carbocycles. The third-order valence-corrected chi connectivity index (χ3v) is 16.2. The van der Waals surface area contributed by atoms with Gasteiger partial charge < -0.3 is 14.2 Å². The molecule has 83 heavy (non-hydrogen) atoms. The minimum absolute atomic E-state index is 0.0743. The van der Waals surface area contributed by atoms with E-state index in [0.717, 1.165) is 109 Å². The van der Waals surface area contributed by atoms with Crippen molar-refractivity contribution in [3.63, 3.8) is 0 Å². The van der Waals surface area contributed by atoms with Gasteiger partial charge in [-0.1, -0.05) is 344 Å². The van der Waals surface area contributed by atoms with Crippen molar-refractivity contribution in [3.8, 4) is 0 Å². The Hall–Kier alpha value is -3.15. The molecule has 0 aliphatic rings. The van der Waals surface area contributed by atoms with Crippen molar-refractivity contribution < 1.29 is 28.6 Å². The van der Waals surface area contributed by atoms with Gasteiger partial charge in [0, 0.05) is 19.3 Å². The van der Waals surface area contributed by atoms with E-state index in [-0.39, 0.29) is 31.1 Å². The quantitative estimate of drug-likeness (QED) is 0.0261. The molecule has 0 spiro atoms. The summed E-state index contributed by atoms with van der Waals surface area (Å²) in [5.74, 6) is -0.863. The third kappa shape index (κ3) is 69.5. The number of hydrogen-bond donors (Lipinski definition) is 0. The maximum Gasteiger partial charge on any atom is 0.306 e. The van der Waals surface area contributed by atoms with Crippen LogP contribution in [0.25, 0.3) is 0 Å². The Kier molecular flexibility index (Phi) is 68.6. The SMILES string of the molecule is CC/C=C\C/C=C\C/C=C\C/C=C\CCCCCCCCCCCCCCCCCCCCCCCCC(=O)OCC(COC(=O)CCCCCCCCCCCCCCCCC)OC(=O)CCCCCCC/C=C\C/C=C\CCCCC. The van der Waals surface area contributed by atoms with Gasteiger partial charge >= 0.3 is 17.9 Å². The van der Waals surface area contributed by atoms with Gasteiger partial charge in [0.25, 0.3) is 0 Å². The van der Waals surface area contributed by atoms with Crippen LogP contribution in [0.2, 0.25) is 0 Å². The summed E-state index contributed by atoms with van der Waals surface area (Å²) >= 11 is 0. The van der Waals surface area contributed by atoms with Crippen LogP contribution in [0.5, 0.6) is 0 Å². The first-order chi connectivity index (χ1) is 41.0. The molecule has 1 atom stereocenters. The summed E-state index contributed by atoms with van der Waals surface area (Å²) in [4.78, 5) is 38.4. The number of carbonyl (C=O) groups excluding carboxylic acids is 3. The minimum atomic E-state index is -0.779. The van der Waals surface area contributed by atoms with Gasteiger partial charge in [-0.3, -0.25) is 14.4 Å². The standard InChI is InChI=1S/C77H138O6/c1-4-7-10-13-16-19-22-25-28-29-30-31-32-33-34-35-36-37-38-39-40-41-42-43-44-45-46-47-50-52-55-58-61-64-67-70-76(79)82-73-74(83-77(80)71-68-65-62-59-56-53-49-27-24-21-18-15-12-9-6-3)72-81-75(78)69-66-63-60-57-54-51-48-26-23-20-17-14-11-8-5-2/h7,10,16,18-19,21,25,27-28,30-31,49,74H,4-6,8-9,11-15,17,20,22-24,26,29,32-48,50-73H2,1-3H3/b10-7-,19-16-,21-18-,28-25-,31-30-,49-27-. The second-order valence-corrected chi connectivity index (χ2v) is 24.5. The number of rotatable bonds is 67. The Morgan fingerprint density at radius 3 is 0.759 bits per heavy atom. The van der Waals surface area contributed by atoms with Gasteiger partial charge in [0.2, 0.25) is 0 Å². The second kappa shape index (κ2) is 71.3. The fourth-order valence-corrected chi connectivity index (χ4v) is 10.8. The van der Waals surface area contributed by atoms with Crippen molar-refractivity contribution >= 4 is 17.9 Å². The van der Waals surface area contributed by atoms with Crippen LogP contribution in [-0.2, 0) is 28.6 Å². The van der Waals surface area contributed by atoms with E-state index in [9.17, 15) is 14.4 Å². The number of ether oxygens (including phenoxy) is 3. The van der Waals surface area contributed by atoms with Crippen LogP contribution in [0.3, 0.4) is 0 Å². The molecule has 482 valence electrons. The first kappa shape index (κ1) is 79.8. The summed E-state index contributed by atoms with van der Waals surface area (Å²) in [6, 6.07) is 0. The molecule has 1 unspecified atom stereocenters. The average Bonchev–Trinajstić information content (AvgIpc) is 3.49. The van der Waals surface area contributed by atoms with Gasteiger partial charge in [-0.2, -0.15) is 0 Å². The maximum absolute atomic E-state index is 12.9. The summed E-state index contributed by atoms with van der Waals surface area (Å²) in [7, 11) is 0. The Morgan fingerprint density at radius 1 is 0.253 bits per heavy atom. The fourth-order valence-electron chi connectivity index (χ4n) is 10.8. The normalized spacial score (nSPS) is 12.5. The highest BCUT2D eigenvalue weighted by Gasteiger charge is 2.19. The van der Waals surface area contributed by atoms with Gasteiger partial charge in [0.1, 0.15) is 13.2 Å². The van der Waals surface area contributed by atoms with Gasteiger partial charge in [0.15, 0.2) is 6.10 Å². The van der Waals surface area contributed by atoms with E-state index < -0.39 is 6.10 Å². The third-order valence-electron chi connectivity index (χ3n) is 16.2. The molecule has 0 saturated heterocycles. The van der Waals surface area contributed by atoms with Crippen molar-refractivity contribution in [2.45, 2.75) is 386 Å². The van der Waals surface area contributed by atoms with Crippen LogP contribution in [0.15, 0.2) is 72.9 Å². The Balaban J connectivity index is 4.10. The van der Waals surface area contributed by atoms with E-state index in [2.05, 4.69) is 93.7 Å². The van der Waals surface area contributed by atoms with E-state index >= 15 is 0 Å². The molecule has 6 nitrogen and oxygen atoms in total. The highest BCUT2D eigenvalue weighted by Crippen LogP contribution is 2.18. The molecule has 0 rings (SSSR count). The Labute approximate surface area is 516 Å². The van der Waals surface area contributed by atoms with Gasteiger partial charge in [-0.05, 0) is 89.9 Å². The lowest BCUT2D eigenvalue weighted by molar-refractivity contribution is -0.167. The smallest absolute Gasteiger partial charge is 0.306 e. The van der Waals surface area contributed by atoms with Crippen molar-refractivity contribution in [1.82, 2.24) is 0 Å². The Morgan fingerprint density at radius 2 is 0.470 bits per heavy atom. The molecule has 0 aliphatic heterocycles. The zero-order valence-corrected chi connectivity index (χ0v) is 55.5. The van der Waals surface area contributed by atoms with Crippen LogP contribution in [0.1, 0.15) is 380 Å². The Bertz CT molecular complexity index is 1520. The molecule has 0 aromatic heterocycles. The zero-order chi connectivity index (χ0) is 59.9. The van der Waals surface area contributed by atoms with Crippen molar-refractivity contribution in [2.75, 3.05) is 13.2 Å². The molecule has 0 fully saturated rings. The number of esters is 3. The van der Waals surface area contributed by atoms with Gasteiger partial charge in [-0.25, -0.2) is 0 Å². The van der Waals surface area contributed by atoms with E-state index in [1.165, 1.54) is 231 Å². The zero-order valence-electron chi connectivity index (χ0n) is 55.5. The molecule has 0 N–H and O–H groups in total. The number of carbonyl (C=O) groups is 3.